The SMILES string of the molecule is COc1ccc2cc3ccc2c1c1c(OC)ccc2cc(ccc21)c1ccc2c(ccc(OC)c2c2c(OC)ccc4cc(ccc42)c2ccc4c(ccc(OC)c4c4c(OC)ccc5cc(ccc54)c4ccc5c(ccc(OC)c5c5c(OC)ccc6cc(ccc65)c5ccc6c(ccc(OC)c6c6c(OC)ccc7cc3ccc76)c5)c4)c2)c1. The molecule has 0 aliphatic carbocycles. The Morgan fingerprint density at radius 3 is 0.267 bits per heavy atom. The topological polar surface area (TPSA) is 92.3 Å². The highest BCUT2D eigenvalue weighted by molar-refractivity contribution is 6.28. The van der Waals surface area contributed by atoms with Crippen LogP contribution in [0.1, 0.15) is 0 Å². The second-order valence-corrected chi connectivity index (χ2v) is 30.8. The van der Waals surface area contributed by atoms with E-state index >= 15 is 0 Å². The first-order valence-corrected chi connectivity index (χ1v) is 40.1. The molecule has 10 nitrogen and oxygen atoms in total. The van der Waals surface area contributed by atoms with Crippen LogP contribution >= 0.6 is 0 Å². The van der Waals surface area contributed by atoms with Crippen LogP contribution in [-0.2, 0) is 0 Å². The maximum absolute atomic E-state index is 6.31. The Morgan fingerprint density at radius 2 is 0.183 bits per heavy atom. The van der Waals surface area contributed by atoms with Gasteiger partial charge in [-0.25, -0.2) is 0 Å². The van der Waals surface area contributed by atoms with E-state index in [-0.39, 0.29) is 0 Å². The molecule has 40 bridgehead atoms. The summed E-state index contributed by atoms with van der Waals surface area (Å²) in [7, 11) is 17.4. The van der Waals surface area contributed by atoms with Crippen molar-refractivity contribution >= 4 is 215 Å². The van der Waals surface area contributed by atoms with Crippen molar-refractivity contribution in [3.8, 4) is 57.5 Å². The van der Waals surface area contributed by atoms with Gasteiger partial charge in [-0.05, 0) is 283 Å². The van der Waals surface area contributed by atoms with Crippen LogP contribution in [0.4, 0.5) is 0 Å². The molecule has 580 valence electrons. The normalized spacial score (nSPS) is 11.8. The first-order valence-electron chi connectivity index (χ1n) is 40.1. The van der Waals surface area contributed by atoms with E-state index in [1.807, 2.05) is 0 Å². The zero-order chi connectivity index (χ0) is 81.3. The molecule has 0 N–H and O–H groups in total. The smallest absolute Gasteiger partial charge is 0.127 e. The minimum atomic E-state index is 0.742. The Hall–Kier alpha value is -15.0. The zero-order valence-electron chi connectivity index (χ0n) is 67.9. The van der Waals surface area contributed by atoms with Crippen LogP contribution in [0.2, 0.25) is 0 Å². The Morgan fingerprint density at radius 1 is 0.100 bits per heavy atom. The summed E-state index contributed by atoms with van der Waals surface area (Å²) in [6.07, 6.45) is 0. The van der Waals surface area contributed by atoms with Gasteiger partial charge in [0.2, 0.25) is 0 Å². The Kier molecular flexibility index (Phi) is 17.6. The van der Waals surface area contributed by atoms with Gasteiger partial charge in [0.1, 0.15) is 57.5 Å². The number of benzene rings is 20. The van der Waals surface area contributed by atoms with Gasteiger partial charge in [0.25, 0.3) is 0 Å². The van der Waals surface area contributed by atoms with Gasteiger partial charge in [-0.2, -0.15) is 0 Å². The lowest BCUT2D eigenvalue weighted by Crippen LogP contribution is -1.91. The van der Waals surface area contributed by atoms with Crippen molar-refractivity contribution in [1.29, 1.82) is 0 Å². The van der Waals surface area contributed by atoms with E-state index in [2.05, 4.69) is 303 Å². The predicted octanol–water partition coefficient (Wildman–Crippen LogP) is 28.8. The second kappa shape index (κ2) is 29.0. The lowest BCUT2D eigenvalue weighted by Gasteiger charge is -2.14. The largest absolute Gasteiger partial charge is 0.496 e. The van der Waals surface area contributed by atoms with Crippen LogP contribution in [0.15, 0.2) is 303 Å². The standard InChI is InChI=1S/C110H80O10/c1-111-91-41-21-71-51-61-11-31-81(71)101(91)102-82-32-12-62(52-72(82)22-42-92(102)112-2)64-14-34-84-74(54-64)24-44-94(114-4)104(84)106-86-36-16-66(56-76(86)26-46-96(106)116-6)68-18-38-88-78(58-68)28-48-98(118-8)108(88)110-90-40-20-70(60-80(90)30-50-100(110)120-10)69-19-39-89-79(59-69)29-49-99(119-9)109(89)107-87-37-17-67(57-77(87)27-47-97(107)117-7)65-15-35-85-75(55-65)25-45-95(115-5)105(85)103-83-33-13-63(61)53-73(83)23-43-93(103)113-3/h11-60H,1-10H3. The molecule has 0 amide bonds. The van der Waals surface area contributed by atoms with Gasteiger partial charge in [-0.3, -0.25) is 0 Å². The average molecular weight is 1560 g/mol. The molecule has 0 fully saturated rings. The fraction of sp³-hybridized carbons (Fsp3) is 0.0909. The molecule has 45 rings (SSSR count). The molecule has 0 atom stereocenters. The monoisotopic (exact) mass is 1560 g/mol. The predicted molar refractivity (Wildman–Crippen MR) is 504 cm³/mol. The molecule has 0 heterocycles. The summed E-state index contributed by atoms with van der Waals surface area (Å²) < 4.78 is 63.1. The number of methoxy groups -OCH3 is 10. The minimum Gasteiger partial charge on any atom is -0.496 e. The third-order valence-corrected chi connectivity index (χ3v) is 24.9. The summed E-state index contributed by atoms with van der Waals surface area (Å²) >= 11 is 0. The van der Waals surface area contributed by atoms with Crippen LogP contribution < -0.4 is 47.4 Å². The summed E-state index contributed by atoms with van der Waals surface area (Å²) in [4.78, 5) is 0. The number of hydrogen-bond donors (Lipinski definition) is 0. The van der Waals surface area contributed by atoms with E-state index in [0.29, 0.717) is 0 Å². The average Bonchev–Trinajstić information content (AvgIpc) is 0.723. The van der Waals surface area contributed by atoms with Crippen molar-refractivity contribution in [2.75, 3.05) is 71.1 Å². The summed E-state index contributed by atoms with van der Waals surface area (Å²) in [6, 6.07) is 109. The highest BCUT2D eigenvalue weighted by atomic mass is 16.5. The lowest BCUT2D eigenvalue weighted by atomic mass is 9.94. The molecule has 45 aromatic rings. The van der Waals surface area contributed by atoms with Gasteiger partial charge in [0.05, 0.1) is 71.1 Å². The molecule has 0 saturated heterocycles. The summed E-state index contributed by atoms with van der Waals surface area (Å²) in [5.74, 6) is 7.42. The van der Waals surface area contributed by atoms with Crippen molar-refractivity contribution in [3.05, 3.63) is 303 Å². The Bertz CT molecular complexity index is 6760. The minimum absolute atomic E-state index is 0.742. The van der Waals surface area contributed by atoms with Crippen molar-refractivity contribution in [3.63, 3.8) is 0 Å². The molecular weight excluding hydrogens is 1480 g/mol. The Balaban J connectivity index is 0.808. The molecule has 120 heavy (non-hydrogen) atoms. The van der Waals surface area contributed by atoms with Gasteiger partial charge in [-0.15, -0.1) is 0 Å². The third-order valence-electron chi connectivity index (χ3n) is 24.9. The third kappa shape index (κ3) is 11.5. The number of rotatable bonds is 10. The first kappa shape index (κ1) is 72.7. The molecule has 10 heteroatoms. The van der Waals surface area contributed by atoms with E-state index in [4.69, 9.17) is 47.4 Å². The maximum atomic E-state index is 6.31. The summed E-state index contributed by atoms with van der Waals surface area (Å²) in [6.45, 7) is 0. The van der Waals surface area contributed by atoms with E-state index in [1.165, 1.54) is 0 Å². The van der Waals surface area contributed by atoms with Crippen molar-refractivity contribution in [1.82, 2.24) is 0 Å². The molecule has 0 radical (unpaired) electrons. The van der Waals surface area contributed by atoms with E-state index in [1.54, 1.807) is 71.1 Å². The fourth-order valence-corrected chi connectivity index (χ4v) is 19.2. The molecule has 0 saturated carbocycles. The van der Waals surface area contributed by atoms with Gasteiger partial charge in [-0.1, -0.05) is 182 Å². The van der Waals surface area contributed by atoms with E-state index < -0.39 is 0 Å². The molecule has 0 aliphatic rings. The highest BCUT2D eigenvalue weighted by Crippen LogP contribution is 2.49. The molecule has 0 spiro atoms. The van der Waals surface area contributed by atoms with Crippen LogP contribution in [0.25, 0.3) is 215 Å². The van der Waals surface area contributed by atoms with Crippen molar-refractivity contribution < 1.29 is 47.4 Å². The van der Waals surface area contributed by atoms with Crippen molar-refractivity contribution in [2.45, 2.75) is 0 Å². The molecule has 0 aliphatic heterocycles. The maximum Gasteiger partial charge on any atom is 0.127 e. The van der Waals surface area contributed by atoms with Gasteiger partial charge in [0, 0.05) is 53.9 Å². The Labute approximate surface area is 690 Å². The van der Waals surface area contributed by atoms with E-state index in [9.17, 15) is 0 Å². The van der Waals surface area contributed by atoms with Gasteiger partial charge < -0.3 is 47.4 Å². The second-order valence-electron chi connectivity index (χ2n) is 30.8. The molecule has 0 aromatic heterocycles. The number of ether oxygens (including phenoxy) is 10. The number of hydrogen-bond acceptors (Lipinski definition) is 10. The van der Waals surface area contributed by atoms with Crippen molar-refractivity contribution in [2.24, 2.45) is 0 Å². The summed E-state index contributed by atoms with van der Waals surface area (Å²) in [5.41, 5.74) is 0. The lowest BCUT2D eigenvalue weighted by molar-refractivity contribution is 0.416. The van der Waals surface area contributed by atoms with Crippen LogP contribution in [0, 0.1) is 0 Å². The quantitative estimate of drug-likeness (QED) is 0.132. The van der Waals surface area contributed by atoms with Gasteiger partial charge >= 0.3 is 0 Å². The summed E-state index contributed by atoms with van der Waals surface area (Å²) in [5, 5.41) is 41.1. The van der Waals surface area contributed by atoms with Crippen LogP contribution in [-0.4, -0.2) is 71.1 Å². The first-order chi connectivity index (χ1) is 59.0. The fourth-order valence-electron chi connectivity index (χ4n) is 19.2. The highest BCUT2D eigenvalue weighted by Gasteiger charge is 2.22. The van der Waals surface area contributed by atoms with Gasteiger partial charge in [0.15, 0.2) is 0 Å². The van der Waals surface area contributed by atoms with E-state index in [0.717, 1.165) is 273 Å². The van der Waals surface area contributed by atoms with Crippen LogP contribution in [0.5, 0.6) is 57.5 Å². The zero-order valence-corrected chi connectivity index (χ0v) is 67.9. The molecular formula is C110H80O10. The van der Waals surface area contributed by atoms with Crippen LogP contribution in [0.3, 0.4) is 0 Å². The molecule has 0 unspecified atom stereocenters. The molecule has 45 aromatic carbocycles.